The minimum absolute atomic E-state index is 0.0152. The van der Waals surface area contributed by atoms with E-state index in [1.807, 2.05) is 0 Å². The molecule has 0 unspecified atom stereocenters. The topological polar surface area (TPSA) is 121 Å². The van der Waals surface area contributed by atoms with E-state index >= 15 is 0 Å². The monoisotopic (exact) mass is 397 g/mol. The van der Waals surface area contributed by atoms with Crippen molar-refractivity contribution in [1.29, 1.82) is 0 Å². The molecule has 1 aliphatic heterocycles. The molecule has 5 heterocycles. The van der Waals surface area contributed by atoms with Crippen LogP contribution in [-0.4, -0.2) is 66.2 Å². The molecule has 1 saturated heterocycles. The van der Waals surface area contributed by atoms with Gasteiger partial charge in [0.25, 0.3) is 0 Å². The van der Waals surface area contributed by atoms with Gasteiger partial charge in [0.1, 0.15) is 11.4 Å². The van der Waals surface area contributed by atoms with E-state index in [0.717, 1.165) is 35.9 Å². The molecule has 1 aliphatic rings. The van der Waals surface area contributed by atoms with Crippen LogP contribution in [0, 0.1) is 0 Å². The van der Waals surface area contributed by atoms with Crippen LogP contribution in [0.15, 0.2) is 24.7 Å². The maximum absolute atomic E-state index is 10.4. The first-order valence-corrected chi connectivity index (χ1v) is 9.87. The average Bonchev–Trinajstić information content (AvgIpc) is 3.44. The molecule has 11 heteroatoms. The quantitative estimate of drug-likeness (QED) is 0.474. The van der Waals surface area contributed by atoms with Crippen LogP contribution in [0.25, 0.3) is 27.7 Å². The number of hydrogen-bond donors (Lipinski definition) is 3. The maximum Gasteiger partial charge on any atom is 0.189 e. The van der Waals surface area contributed by atoms with Crippen molar-refractivity contribution in [3.8, 4) is 23.0 Å². The van der Waals surface area contributed by atoms with Gasteiger partial charge in [-0.15, -0.1) is 5.10 Å². The zero-order valence-corrected chi connectivity index (χ0v) is 16.0. The molecule has 4 aromatic heterocycles. The van der Waals surface area contributed by atoms with Gasteiger partial charge in [-0.05, 0) is 25.9 Å². The standard InChI is InChI=1S/C17H19N9OS/c1-25(10-2-4-18-5-3-10)17-23-15-16(28-17)22-14(21-15)13-12(27)8-11(9-19-13)26-7-6-20-24-26/h6-10,18,27H,2-5H2,1H3,(H,21,22). The first-order valence-electron chi connectivity index (χ1n) is 9.05. The summed E-state index contributed by atoms with van der Waals surface area (Å²) in [5.41, 5.74) is 1.70. The predicted molar refractivity (Wildman–Crippen MR) is 106 cm³/mol. The number of aromatic hydroxyl groups is 1. The van der Waals surface area contributed by atoms with E-state index in [1.165, 1.54) is 4.68 Å². The maximum atomic E-state index is 10.4. The molecule has 0 radical (unpaired) electrons. The van der Waals surface area contributed by atoms with Crippen LogP contribution in [0.4, 0.5) is 5.13 Å². The number of anilines is 1. The number of hydrogen-bond acceptors (Lipinski definition) is 9. The number of fused-ring (bicyclic) bond motifs is 1. The van der Waals surface area contributed by atoms with Crippen molar-refractivity contribution in [1.82, 2.24) is 40.2 Å². The summed E-state index contributed by atoms with van der Waals surface area (Å²) < 4.78 is 1.53. The number of imidazole rings is 1. The zero-order valence-electron chi connectivity index (χ0n) is 15.2. The lowest BCUT2D eigenvalue weighted by molar-refractivity contribution is 0.443. The van der Waals surface area contributed by atoms with Crippen molar-refractivity contribution in [3.05, 3.63) is 24.7 Å². The molecular formula is C17H19N9OS. The molecule has 0 amide bonds. The molecule has 0 bridgehead atoms. The molecule has 0 atom stereocenters. The normalized spacial score (nSPS) is 15.3. The van der Waals surface area contributed by atoms with E-state index in [2.05, 4.69) is 42.5 Å². The highest BCUT2D eigenvalue weighted by molar-refractivity contribution is 7.21. The van der Waals surface area contributed by atoms with Crippen molar-refractivity contribution < 1.29 is 5.11 Å². The van der Waals surface area contributed by atoms with Crippen LogP contribution in [-0.2, 0) is 0 Å². The molecular weight excluding hydrogens is 378 g/mol. The largest absolute Gasteiger partial charge is 0.505 e. The third-order valence-corrected chi connectivity index (χ3v) is 6.01. The summed E-state index contributed by atoms with van der Waals surface area (Å²) >= 11 is 1.54. The Hall–Kier alpha value is -3.05. The lowest BCUT2D eigenvalue weighted by Gasteiger charge is -2.31. The van der Waals surface area contributed by atoms with Crippen molar-refractivity contribution in [3.63, 3.8) is 0 Å². The SMILES string of the molecule is CN(c1nc2[nH]c(-c3ncc(-n4ccnn4)cc3O)nc2s1)C1CCNCC1. The van der Waals surface area contributed by atoms with Crippen LogP contribution in [0.5, 0.6) is 5.75 Å². The minimum Gasteiger partial charge on any atom is -0.505 e. The molecule has 0 spiro atoms. The Balaban J connectivity index is 1.42. The lowest BCUT2D eigenvalue weighted by atomic mass is 10.1. The van der Waals surface area contributed by atoms with E-state index in [0.29, 0.717) is 28.9 Å². The second kappa shape index (κ2) is 6.84. The summed E-state index contributed by atoms with van der Waals surface area (Å²) in [5, 5.41) is 22.4. The van der Waals surface area contributed by atoms with Crippen molar-refractivity contribution >= 4 is 26.9 Å². The highest BCUT2D eigenvalue weighted by atomic mass is 32.1. The Bertz CT molecular complexity index is 1070. The van der Waals surface area contributed by atoms with Gasteiger partial charge in [0.15, 0.2) is 21.4 Å². The molecule has 0 aromatic carbocycles. The summed E-state index contributed by atoms with van der Waals surface area (Å²) in [6.07, 6.45) is 7.08. The van der Waals surface area contributed by atoms with Gasteiger partial charge in [0.2, 0.25) is 0 Å². The van der Waals surface area contributed by atoms with Gasteiger partial charge in [0.05, 0.1) is 24.3 Å². The van der Waals surface area contributed by atoms with Gasteiger partial charge in [0, 0.05) is 19.2 Å². The van der Waals surface area contributed by atoms with Crippen LogP contribution >= 0.6 is 11.3 Å². The van der Waals surface area contributed by atoms with Gasteiger partial charge in [-0.1, -0.05) is 16.6 Å². The van der Waals surface area contributed by atoms with E-state index in [9.17, 15) is 5.11 Å². The van der Waals surface area contributed by atoms with Crippen molar-refractivity contribution in [2.75, 3.05) is 25.0 Å². The summed E-state index contributed by atoms with van der Waals surface area (Å²) in [5.74, 6) is 0.508. The van der Waals surface area contributed by atoms with E-state index < -0.39 is 0 Å². The van der Waals surface area contributed by atoms with Crippen LogP contribution < -0.4 is 10.2 Å². The van der Waals surface area contributed by atoms with Crippen molar-refractivity contribution in [2.24, 2.45) is 0 Å². The Morgan fingerprint density at radius 1 is 1.29 bits per heavy atom. The number of rotatable bonds is 4. The fourth-order valence-corrected chi connectivity index (χ4v) is 4.34. The Kier molecular flexibility index (Phi) is 4.17. The number of H-pyrrole nitrogens is 1. The van der Waals surface area contributed by atoms with Crippen LogP contribution in [0.1, 0.15) is 12.8 Å². The van der Waals surface area contributed by atoms with E-state index in [-0.39, 0.29) is 5.75 Å². The predicted octanol–water partition coefficient (Wildman–Crippen LogP) is 1.56. The summed E-state index contributed by atoms with van der Waals surface area (Å²) in [4.78, 5) is 19.8. The van der Waals surface area contributed by atoms with Gasteiger partial charge < -0.3 is 20.3 Å². The summed E-state index contributed by atoms with van der Waals surface area (Å²) in [6, 6.07) is 2.07. The van der Waals surface area contributed by atoms with Gasteiger partial charge in [-0.2, -0.15) is 0 Å². The second-order valence-corrected chi connectivity index (χ2v) is 7.69. The molecule has 144 valence electrons. The molecule has 1 fully saturated rings. The Morgan fingerprint density at radius 2 is 2.14 bits per heavy atom. The van der Waals surface area contributed by atoms with Crippen molar-refractivity contribution in [2.45, 2.75) is 18.9 Å². The second-order valence-electron chi connectivity index (χ2n) is 6.74. The number of nitrogens with one attached hydrogen (secondary N) is 2. The Morgan fingerprint density at radius 3 is 2.86 bits per heavy atom. The lowest BCUT2D eigenvalue weighted by Crippen LogP contribution is -2.41. The molecule has 4 aromatic rings. The minimum atomic E-state index is 0.0152. The third kappa shape index (κ3) is 2.98. The third-order valence-electron chi connectivity index (χ3n) is 4.97. The first-order chi connectivity index (χ1) is 13.7. The number of aromatic amines is 1. The zero-order chi connectivity index (χ0) is 19.1. The molecule has 5 rings (SSSR count). The van der Waals surface area contributed by atoms with Gasteiger partial charge >= 0.3 is 0 Å². The Labute approximate surface area is 164 Å². The summed E-state index contributed by atoms with van der Waals surface area (Å²) in [6.45, 7) is 2.08. The summed E-state index contributed by atoms with van der Waals surface area (Å²) in [7, 11) is 2.09. The first kappa shape index (κ1) is 17.1. The highest BCUT2D eigenvalue weighted by Crippen LogP contribution is 2.33. The molecule has 0 aliphatic carbocycles. The number of aromatic nitrogens is 7. The van der Waals surface area contributed by atoms with Gasteiger partial charge in [-0.25, -0.2) is 19.6 Å². The van der Waals surface area contributed by atoms with E-state index in [1.54, 1.807) is 36.0 Å². The fourth-order valence-electron chi connectivity index (χ4n) is 3.41. The highest BCUT2D eigenvalue weighted by Gasteiger charge is 2.22. The van der Waals surface area contributed by atoms with Crippen LogP contribution in [0.3, 0.4) is 0 Å². The number of thiazole rings is 1. The fraction of sp³-hybridized carbons (Fsp3) is 0.353. The molecule has 3 N–H and O–H groups in total. The smallest absolute Gasteiger partial charge is 0.189 e. The van der Waals surface area contributed by atoms with E-state index in [4.69, 9.17) is 4.98 Å². The number of piperidine rings is 1. The number of pyridine rings is 1. The average molecular weight is 397 g/mol. The molecule has 28 heavy (non-hydrogen) atoms. The van der Waals surface area contributed by atoms with Gasteiger partial charge in [-0.3, -0.25) is 0 Å². The number of nitrogens with zero attached hydrogens (tertiary/aromatic N) is 7. The molecule has 0 saturated carbocycles. The van der Waals surface area contributed by atoms with Crippen LogP contribution in [0.2, 0.25) is 0 Å². The molecule has 10 nitrogen and oxygen atoms in total.